The molecule has 0 unspecified atom stereocenters. The number of ether oxygens (including phenoxy) is 2. The SMILES string of the molecule is CC(C)(C)OC(=O)N[C@H]1CSc2c(C(=O)Nc3cccnc3)cn(Cc3ccc(OC(F)(F)F)cc3)c(=O)c21. The Morgan fingerprint density at radius 3 is 2.49 bits per heavy atom. The molecule has 13 heteroatoms. The van der Waals surface area contributed by atoms with Crippen molar-refractivity contribution in [2.75, 3.05) is 11.1 Å². The first kappa shape index (κ1) is 28.0. The summed E-state index contributed by atoms with van der Waals surface area (Å²) in [5.41, 5.74) is 0.148. The number of aromatic nitrogens is 2. The Morgan fingerprint density at radius 1 is 1.15 bits per heavy atom. The third-order valence-electron chi connectivity index (χ3n) is 5.37. The van der Waals surface area contributed by atoms with Crippen LogP contribution in [0, 0.1) is 0 Å². The van der Waals surface area contributed by atoms with Gasteiger partial charge in [-0.3, -0.25) is 14.6 Å². The highest BCUT2D eigenvalue weighted by Gasteiger charge is 2.34. The summed E-state index contributed by atoms with van der Waals surface area (Å²) in [5.74, 6) is -0.598. The Hall–Kier alpha value is -4.00. The molecule has 0 fully saturated rings. The smallest absolute Gasteiger partial charge is 0.444 e. The highest BCUT2D eigenvalue weighted by molar-refractivity contribution is 7.99. The van der Waals surface area contributed by atoms with Crippen LogP contribution in [0.2, 0.25) is 0 Å². The topological polar surface area (TPSA) is 112 Å². The number of pyridine rings is 2. The maximum atomic E-state index is 13.6. The maximum absolute atomic E-state index is 13.6. The van der Waals surface area contributed by atoms with Crippen molar-refractivity contribution in [2.45, 2.75) is 50.2 Å². The van der Waals surface area contributed by atoms with Crippen molar-refractivity contribution in [1.82, 2.24) is 14.9 Å². The molecule has 3 aromatic rings. The molecule has 0 spiro atoms. The van der Waals surface area contributed by atoms with Crippen LogP contribution in [0.1, 0.15) is 48.3 Å². The van der Waals surface area contributed by atoms with Gasteiger partial charge in [-0.25, -0.2) is 4.79 Å². The van der Waals surface area contributed by atoms with Gasteiger partial charge in [-0.2, -0.15) is 0 Å². The normalized spacial score (nSPS) is 14.9. The number of hydrogen-bond acceptors (Lipinski definition) is 7. The molecule has 1 atom stereocenters. The number of alkyl carbamates (subject to hydrolysis) is 1. The number of thioether (sulfide) groups is 1. The number of rotatable bonds is 6. The zero-order chi connectivity index (χ0) is 28.4. The van der Waals surface area contributed by atoms with E-state index in [1.54, 1.807) is 39.1 Å². The number of carbonyl (C=O) groups excluding carboxylic acids is 2. The van der Waals surface area contributed by atoms with E-state index < -0.39 is 41.3 Å². The fraction of sp³-hybridized carbons (Fsp3) is 0.308. The van der Waals surface area contributed by atoms with Crippen LogP contribution < -0.4 is 20.9 Å². The first-order chi connectivity index (χ1) is 18.3. The number of alkyl halides is 3. The molecule has 2 aromatic heterocycles. The average Bonchev–Trinajstić information content (AvgIpc) is 3.24. The van der Waals surface area contributed by atoms with Crippen LogP contribution in [0.5, 0.6) is 5.75 Å². The number of benzene rings is 1. The predicted octanol–water partition coefficient (Wildman–Crippen LogP) is 5.11. The van der Waals surface area contributed by atoms with E-state index in [4.69, 9.17) is 4.74 Å². The second-order valence-electron chi connectivity index (χ2n) is 9.62. The molecule has 39 heavy (non-hydrogen) atoms. The Kier molecular flexibility index (Phi) is 7.91. The molecule has 9 nitrogen and oxygen atoms in total. The molecule has 0 aliphatic carbocycles. The third kappa shape index (κ3) is 7.31. The lowest BCUT2D eigenvalue weighted by Crippen LogP contribution is -2.38. The molecule has 2 N–H and O–H groups in total. The summed E-state index contributed by atoms with van der Waals surface area (Å²) in [6.45, 7) is 5.09. The predicted molar refractivity (Wildman–Crippen MR) is 138 cm³/mol. The standard InChI is InChI=1S/C26H25F3N4O5S/c1-25(2,3)38-24(36)32-19-14-39-21-18(22(34)31-16-5-4-10-30-11-16)13-33(23(35)20(19)21)12-15-6-8-17(9-7-15)37-26(27,28)29/h4-11,13,19H,12,14H2,1-3H3,(H,31,34)(H,32,36)/t19-/m0/s1. The third-order valence-corrected chi connectivity index (χ3v) is 6.60. The van der Waals surface area contributed by atoms with Gasteiger partial charge in [-0.05, 0) is 50.6 Å². The van der Waals surface area contributed by atoms with Gasteiger partial charge in [-0.15, -0.1) is 24.9 Å². The summed E-state index contributed by atoms with van der Waals surface area (Å²) in [4.78, 5) is 43.7. The quantitative estimate of drug-likeness (QED) is 0.429. The molecule has 0 bridgehead atoms. The van der Waals surface area contributed by atoms with Crippen LogP contribution in [-0.2, 0) is 11.3 Å². The minimum atomic E-state index is -4.83. The van der Waals surface area contributed by atoms with E-state index in [0.29, 0.717) is 21.9 Å². The second kappa shape index (κ2) is 11.0. The summed E-state index contributed by atoms with van der Waals surface area (Å²) in [5, 5.41) is 5.46. The summed E-state index contributed by atoms with van der Waals surface area (Å²) < 4.78 is 48.1. The van der Waals surface area contributed by atoms with E-state index in [-0.39, 0.29) is 17.7 Å². The zero-order valence-electron chi connectivity index (χ0n) is 21.2. The van der Waals surface area contributed by atoms with Gasteiger partial charge in [0.05, 0.1) is 35.6 Å². The van der Waals surface area contributed by atoms with E-state index in [1.165, 1.54) is 40.9 Å². The maximum Gasteiger partial charge on any atom is 0.573 e. The second-order valence-corrected chi connectivity index (χ2v) is 10.6. The van der Waals surface area contributed by atoms with E-state index >= 15 is 0 Å². The number of carbonyl (C=O) groups is 2. The van der Waals surface area contributed by atoms with Crippen LogP contribution >= 0.6 is 11.8 Å². The fourth-order valence-electron chi connectivity index (χ4n) is 3.85. The molecule has 1 aliphatic heterocycles. The summed E-state index contributed by atoms with van der Waals surface area (Å²) in [7, 11) is 0. The van der Waals surface area contributed by atoms with E-state index in [2.05, 4.69) is 20.4 Å². The Balaban J connectivity index is 1.69. The van der Waals surface area contributed by atoms with Gasteiger partial charge in [-0.1, -0.05) is 12.1 Å². The van der Waals surface area contributed by atoms with Crippen LogP contribution in [0.15, 0.2) is 64.7 Å². The lowest BCUT2D eigenvalue weighted by atomic mass is 10.1. The monoisotopic (exact) mass is 562 g/mol. The van der Waals surface area contributed by atoms with Gasteiger partial charge in [0.1, 0.15) is 11.4 Å². The minimum Gasteiger partial charge on any atom is -0.444 e. The number of nitrogens with one attached hydrogen (secondary N) is 2. The fourth-order valence-corrected chi connectivity index (χ4v) is 5.12. The van der Waals surface area contributed by atoms with Crippen molar-refractivity contribution >= 4 is 29.4 Å². The summed E-state index contributed by atoms with van der Waals surface area (Å²) in [6.07, 6.45) is -1.11. The number of hydrogen-bond donors (Lipinski definition) is 2. The summed E-state index contributed by atoms with van der Waals surface area (Å²) >= 11 is 1.25. The van der Waals surface area contributed by atoms with Crippen molar-refractivity contribution in [3.63, 3.8) is 0 Å². The molecule has 0 saturated heterocycles. The van der Waals surface area contributed by atoms with Gasteiger partial charge in [0.15, 0.2) is 0 Å². The number of anilines is 1. The van der Waals surface area contributed by atoms with Crippen molar-refractivity contribution in [3.05, 3.63) is 82.0 Å². The highest BCUT2D eigenvalue weighted by atomic mass is 32.2. The van der Waals surface area contributed by atoms with Gasteiger partial charge in [0, 0.05) is 23.0 Å². The van der Waals surface area contributed by atoms with Crippen LogP contribution in [0.3, 0.4) is 0 Å². The average molecular weight is 563 g/mol. The largest absolute Gasteiger partial charge is 0.573 e. The van der Waals surface area contributed by atoms with Crippen LogP contribution in [-0.4, -0.2) is 39.3 Å². The Bertz CT molecular complexity index is 1420. The number of halogens is 3. The van der Waals surface area contributed by atoms with E-state index in [0.717, 1.165) is 12.1 Å². The van der Waals surface area contributed by atoms with Gasteiger partial charge in [0.25, 0.3) is 11.5 Å². The van der Waals surface area contributed by atoms with Crippen molar-refractivity contribution in [3.8, 4) is 5.75 Å². The lowest BCUT2D eigenvalue weighted by molar-refractivity contribution is -0.274. The van der Waals surface area contributed by atoms with Crippen molar-refractivity contribution < 1.29 is 32.2 Å². The van der Waals surface area contributed by atoms with Gasteiger partial charge in [0.2, 0.25) is 0 Å². The Labute approximate surface area is 225 Å². The van der Waals surface area contributed by atoms with E-state index in [1.807, 2.05) is 0 Å². The number of amides is 2. The van der Waals surface area contributed by atoms with E-state index in [9.17, 15) is 27.6 Å². The molecule has 2 amide bonds. The molecular formula is C26H25F3N4O5S. The molecule has 206 valence electrons. The van der Waals surface area contributed by atoms with Crippen LogP contribution in [0.4, 0.5) is 23.7 Å². The van der Waals surface area contributed by atoms with Gasteiger partial charge >= 0.3 is 12.5 Å². The van der Waals surface area contributed by atoms with Crippen molar-refractivity contribution in [2.24, 2.45) is 0 Å². The molecule has 3 heterocycles. The zero-order valence-corrected chi connectivity index (χ0v) is 22.0. The molecule has 1 aromatic carbocycles. The van der Waals surface area contributed by atoms with Gasteiger partial charge < -0.3 is 24.7 Å². The molecule has 4 rings (SSSR count). The van der Waals surface area contributed by atoms with Crippen molar-refractivity contribution in [1.29, 1.82) is 0 Å². The Morgan fingerprint density at radius 2 is 1.87 bits per heavy atom. The lowest BCUT2D eigenvalue weighted by Gasteiger charge is -2.22. The molecule has 1 aliphatic rings. The molecule has 0 radical (unpaired) electrons. The first-order valence-corrected chi connectivity index (χ1v) is 12.7. The minimum absolute atomic E-state index is 0.0462. The highest BCUT2D eigenvalue weighted by Crippen LogP contribution is 2.39. The molecule has 0 saturated carbocycles. The summed E-state index contributed by atoms with van der Waals surface area (Å²) in [6, 6.07) is 7.64. The number of fused-ring (bicyclic) bond motifs is 1. The molecular weight excluding hydrogens is 537 g/mol. The first-order valence-electron chi connectivity index (χ1n) is 11.7. The van der Waals surface area contributed by atoms with Crippen LogP contribution in [0.25, 0.3) is 0 Å². The number of nitrogens with zero attached hydrogens (tertiary/aromatic N) is 2.